The fourth-order valence-corrected chi connectivity index (χ4v) is 2.53. The predicted octanol–water partition coefficient (Wildman–Crippen LogP) is 3.41. The second kappa shape index (κ2) is 4.19. The van der Waals surface area contributed by atoms with Gasteiger partial charge in [-0.05, 0) is 30.9 Å². The maximum atomic E-state index is 13.8. The van der Waals surface area contributed by atoms with Crippen LogP contribution in [0.15, 0.2) is 24.4 Å². The zero-order valence-corrected chi connectivity index (χ0v) is 10.2. The Labute approximate surface area is 104 Å². The normalized spacial score (nSPS) is 18.7. The van der Waals surface area contributed by atoms with Gasteiger partial charge in [-0.1, -0.05) is 6.92 Å². The lowest BCUT2D eigenvalue weighted by Crippen LogP contribution is -2.18. The molecular formula is C14H14F2N2. The third kappa shape index (κ3) is 1.82. The van der Waals surface area contributed by atoms with Gasteiger partial charge in [0.2, 0.25) is 0 Å². The van der Waals surface area contributed by atoms with Crippen molar-refractivity contribution in [2.75, 3.05) is 0 Å². The molecule has 1 atom stereocenters. The van der Waals surface area contributed by atoms with Gasteiger partial charge in [-0.2, -0.15) is 5.10 Å². The molecule has 94 valence electrons. The van der Waals surface area contributed by atoms with E-state index in [0.717, 1.165) is 36.7 Å². The average Bonchev–Trinajstić information content (AvgIpc) is 2.72. The Kier molecular flexibility index (Phi) is 2.65. The molecule has 1 aromatic carbocycles. The van der Waals surface area contributed by atoms with Crippen LogP contribution < -0.4 is 0 Å². The number of aromatic nitrogens is 2. The van der Waals surface area contributed by atoms with E-state index >= 15 is 0 Å². The fraction of sp³-hybridized carbons (Fsp3) is 0.357. The first-order valence-electron chi connectivity index (χ1n) is 6.15. The van der Waals surface area contributed by atoms with Crippen LogP contribution in [0, 0.1) is 17.6 Å². The zero-order valence-electron chi connectivity index (χ0n) is 10.2. The summed E-state index contributed by atoms with van der Waals surface area (Å²) in [6.07, 6.45) is 3.68. The lowest BCUT2D eigenvalue weighted by atomic mass is 9.94. The molecule has 4 heteroatoms. The molecule has 0 N–H and O–H groups in total. The van der Waals surface area contributed by atoms with Gasteiger partial charge in [0.15, 0.2) is 0 Å². The molecule has 1 aromatic heterocycles. The molecular weight excluding hydrogens is 234 g/mol. The molecule has 2 heterocycles. The van der Waals surface area contributed by atoms with E-state index in [4.69, 9.17) is 0 Å². The molecule has 0 saturated carbocycles. The van der Waals surface area contributed by atoms with Crippen molar-refractivity contribution in [2.45, 2.75) is 26.3 Å². The van der Waals surface area contributed by atoms with Gasteiger partial charge in [-0.15, -0.1) is 0 Å². The summed E-state index contributed by atoms with van der Waals surface area (Å²) >= 11 is 0. The Bertz CT molecular complexity index is 589. The van der Waals surface area contributed by atoms with Gasteiger partial charge in [0.1, 0.15) is 11.6 Å². The smallest absolute Gasteiger partial charge is 0.134 e. The SMILES string of the molecule is CC1CCn2ncc(-c3ccc(F)cc3F)c2C1. The monoisotopic (exact) mass is 248 g/mol. The number of aryl methyl sites for hydroxylation is 1. The third-order valence-electron chi connectivity index (χ3n) is 3.55. The van der Waals surface area contributed by atoms with E-state index < -0.39 is 11.6 Å². The Balaban J connectivity index is 2.10. The summed E-state index contributed by atoms with van der Waals surface area (Å²) in [5.74, 6) is -0.494. The summed E-state index contributed by atoms with van der Waals surface area (Å²) in [5.41, 5.74) is 2.28. The van der Waals surface area contributed by atoms with E-state index in [-0.39, 0.29) is 0 Å². The highest BCUT2D eigenvalue weighted by molar-refractivity contribution is 5.66. The van der Waals surface area contributed by atoms with Gasteiger partial charge < -0.3 is 0 Å². The van der Waals surface area contributed by atoms with Gasteiger partial charge in [-0.25, -0.2) is 8.78 Å². The quantitative estimate of drug-likeness (QED) is 0.756. The van der Waals surface area contributed by atoms with E-state index in [0.29, 0.717) is 11.5 Å². The summed E-state index contributed by atoms with van der Waals surface area (Å²) in [4.78, 5) is 0. The molecule has 0 aliphatic carbocycles. The first-order chi connectivity index (χ1) is 8.65. The van der Waals surface area contributed by atoms with Crippen LogP contribution in [0.5, 0.6) is 0 Å². The standard InChI is InChI=1S/C14H14F2N2/c1-9-4-5-18-14(6-9)12(8-17-18)11-3-2-10(15)7-13(11)16/h2-3,7-9H,4-6H2,1H3. The fourth-order valence-electron chi connectivity index (χ4n) is 2.53. The number of fused-ring (bicyclic) bond motifs is 1. The van der Waals surface area contributed by atoms with Crippen LogP contribution in [-0.4, -0.2) is 9.78 Å². The van der Waals surface area contributed by atoms with E-state index in [1.807, 2.05) is 4.68 Å². The number of hydrogen-bond donors (Lipinski definition) is 0. The van der Waals surface area contributed by atoms with Crippen LogP contribution in [0.2, 0.25) is 0 Å². The van der Waals surface area contributed by atoms with Crippen molar-refractivity contribution in [2.24, 2.45) is 5.92 Å². The van der Waals surface area contributed by atoms with Crippen LogP contribution in [0.4, 0.5) is 8.78 Å². The number of rotatable bonds is 1. The number of nitrogens with zero attached hydrogens (tertiary/aromatic N) is 2. The van der Waals surface area contributed by atoms with E-state index in [9.17, 15) is 8.78 Å². The predicted molar refractivity (Wildman–Crippen MR) is 65.1 cm³/mol. The van der Waals surface area contributed by atoms with Gasteiger partial charge in [0, 0.05) is 29.4 Å². The van der Waals surface area contributed by atoms with E-state index in [2.05, 4.69) is 12.0 Å². The minimum atomic E-state index is -0.550. The van der Waals surface area contributed by atoms with Crippen LogP contribution in [0.3, 0.4) is 0 Å². The number of benzene rings is 1. The Morgan fingerprint density at radius 2 is 2.11 bits per heavy atom. The molecule has 0 amide bonds. The van der Waals surface area contributed by atoms with Crippen LogP contribution in [0.1, 0.15) is 19.0 Å². The molecule has 0 bridgehead atoms. The van der Waals surface area contributed by atoms with Crippen molar-refractivity contribution in [3.8, 4) is 11.1 Å². The number of hydrogen-bond acceptors (Lipinski definition) is 1. The molecule has 0 radical (unpaired) electrons. The molecule has 1 aliphatic heterocycles. The van der Waals surface area contributed by atoms with Crippen molar-refractivity contribution < 1.29 is 8.78 Å². The van der Waals surface area contributed by atoms with Crippen molar-refractivity contribution in [3.63, 3.8) is 0 Å². The van der Waals surface area contributed by atoms with Crippen molar-refractivity contribution in [3.05, 3.63) is 41.7 Å². The molecule has 2 nitrogen and oxygen atoms in total. The van der Waals surface area contributed by atoms with Crippen LogP contribution in [0.25, 0.3) is 11.1 Å². The molecule has 3 rings (SSSR count). The summed E-state index contributed by atoms with van der Waals surface area (Å²) in [6, 6.07) is 3.70. The molecule has 2 aromatic rings. The first-order valence-corrected chi connectivity index (χ1v) is 6.15. The molecule has 0 saturated heterocycles. The summed E-state index contributed by atoms with van der Waals surface area (Å²) in [7, 11) is 0. The van der Waals surface area contributed by atoms with Gasteiger partial charge >= 0.3 is 0 Å². The van der Waals surface area contributed by atoms with Gasteiger partial charge in [0.25, 0.3) is 0 Å². The maximum Gasteiger partial charge on any atom is 0.134 e. The van der Waals surface area contributed by atoms with Crippen molar-refractivity contribution in [1.82, 2.24) is 9.78 Å². The van der Waals surface area contributed by atoms with Crippen molar-refractivity contribution in [1.29, 1.82) is 0 Å². The molecule has 1 unspecified atom stereocenters. The van der Waals surface area contributed by atoms with E-state index in [1.54, 1.807) is 6.20 Å². The minimum absolute atomic E-state index is 0.437. The Hall–Kier alpha value is -1.71. The molecule has 0 fully saturated rings. The van der Waals surface area contributed by atoms with Crippen molar-refractivity contribution >= 4 is 0 Å². The maximum absolute atomic E-state index is 13.8. The summed E-state index contributed by atoms with van der Waals surface area (Å²) in [5, 5.41) is 4.29. The topological polar surface area (TPSA) is 17.8 Å². The zero-order chi connectivity index (χ0) is 12.7. The third-order valence-corrected chi connectivity index (χ3v) is 3.55. The average molecular weight is 248 g/mol. The molecule has 0 spiro atoms. The molecule has 1 aliphatic rings. The van der Waals surface area contributed by atoms with E-state index in [1.165, 1.54) is 12.1 Å². The lowest BCUT2D eigenvalue weighted by Gasteiger charge is -2.20. The highest BCUT2D eigenvalue weighted by Gasteiger charge is 2.21. The second-order valence-corrected chi connectivity index (χ2v) is 4.95. The lowest BCUT2D eigenvalue weighted by molar-refractivity contribution is 0.392. The molecule has 18 heavy (non-hydrogen) atoms. The number of halogens is 2. The van der Waals surface area contributed by atoms with Gasteiger partial charge in [0.05, 0.1) is 6.20 Å². The highest BCUT2D eigenvalue weighted by Crippen LogP contribution is 2.31. The Morgan fingerprint density at radius 1 is 1.28 bits per heavy atom. The Morgan fingerprint density at radius 3 is 2.89 bits per heavy atom. The summed E-state index contributed by atoms with van der Waals surface area (Å²) in [6.45, 7) is 3.06. The van der Waals surface area contributed by atoms with Crippen LogP contribution in [-0.2, 0) is 13.0 Å². The second-order valence-electron chi connectivity index (χ2n) is 4.95. The summed E-state index contributed by atoms with van der Waals surface area (Å²) < 4.78 is 28.7. The first kappa shape index (κ1) is 11.4. The highest BCUT2D eigenvalue weighted by atomic mass is 19.1. The minimum Gasteiger partial charge on any atom is -0.269 e. The van der Waals surface area contributed by atoms with Crippen LogP contribution >= 0.6 is 0 Å². The largest absolute Gasteiger partial charge is 0.269 e. The van der Waals surface area contributed by atoms with Gasteiger partial charge in [-0.3, -0.25) is 4.68 Å².